The number of benzene rings is 1. The lowest BCUT2D eigenvalue weighted by Gasteiger charge is -2.32. The van der Waals surface area contributed by atoms with E-state index in [2.05, 4.69) is 30.7 Å². The fourth-order valence-corrected chi connectivity index (χ4v) is 4.32. The van der Waals surface area contributed by atoms with E-state index in [9.17, 15) is 8.78 Å². The van der Waals surface area contributed by atoms with E-state index in [0.29, 0.717) is 23.6 Å². The summed E-state index contributed by atoms with van der Waals surface area (Å²) in [4.78, 5) is 6.81. The maximum Gasteiger partial charge on any atom is 0.255 e. The number of hydrogen-bond acceptors (Lipinski definition) is 9. The van der Waals surface area contributed by atoms with Crippen LogP contribution in [0.5, 0.6) is 5.88 Å². The van der Waals surface area contributed by atoms with Crippen molar-refractivity contribution in [2.45, 2.75) is 25.3 Å². The van der Waals surface area contributed by atoms with Gasteiger partial charge in [-0.2, -0.15) is 10.1 Å². The molecule has 4 rings (SSSR count). The van der Waals surface area contributed by atoms with Crippen LogP contribution in [0.15, 0.2) is 29.5 Å². The van der Waals surface area contributed by atoms with Crippen molar-refractivity contribution < 1.29 is 22.6 Å². The number of hydrogen-bond donors (Lipinski definition) is 3. The summed E-state index contributed by atoms with van der Waals surface area (Å²) in [6, 6.07) is 4.65. The first-order valence-corrected chi connectivity index (χ1v) is 11.6. The van der Waals surface area contributed by atoms with E-state index in [1.165, 1.54) is 30.0 Å². The van der Waals surface area contributed by atoms with Crippen molar-refractivity contribution in [2.24, 2.45) is 5.11 Å². The van der Waals surface area contributed by atoms with Crippen molar-refractivity contribution in [1.82, 2.24) is 19.5 Å². The molecule has 1 aliphatic heterocycles. The topological polar surface area (TPSA) is 112 Å². The summed E-state index contributed by atoms with van der Waals surface area (Å²) in [5.74, 6) is -0.0965. The lowest BCUT2D eigenvalue weighted by molar-refractivity contribution is 0.132. The smallest absolute Gasteiger partial charge is 0.255 e. The van der Waals surface area contributed by atoms with Gasteiger partial charge in [-0.05, 0) is 30.5 Å². The summed E-state index contributed by atoms with van der Waals surface area (Å²) in [6.45, 7) is 2.80. The van der Waals surface area contributed by atoms with Crippen LogP contribution >= 0.6 is 0 Å². The van der Waals surface area contributed by atoms with Crippen molar-refractivity contribution in [1.29, 1.82) is 5.53 Å². The van der Waals surface area contributed by atoms with Crippen molar-refractivity contribution in [3.8, 4) is 17.0 Å². The first-order valence-electron chi connectivity index (χ1n) is 11.6. The van der Waals surface area contributed by atoms with E-state index < -0.39 is 18.8 Å². The van der Waals surface area contributed by atoms with Gasteiger partial charge in [0, 0.05) is 32.8 Å². The van der Waals surface area contributed by atoms with E-state index in [1.807, 2.05) is 0 Å². The van der Waals surface area contributed by atoms with Crippen LogP contribution in [0.2, 0.25) is 0 Å². The summed E-state index contributed by atoms with van der Waals surface area (Å²) in [6.07, 6.45) is 0.431. The molecule has 3 N–H and O–H groups in total. The van der Waals surface area contributed by atoms with Crippen LogP contribution in [0.25, 0.3) is 16.6 Å². The normalized spacial score (nSPS) is 14.9. The van der Waals surface area contributed by atoms with Crippen LogP contribution in [-0.4, -0.2) is 79.0 Å². The molecule has 0 bridgehead atoms. The number of rotatable bonds is 11. The molecule has 0 unspecified atom stereocenters. The largest absolute Gasteiger partial charge is 0.479 e. The SMILES string of the molecule is COCCN1CCC(Nc2nc(OC)c3c(-c4ccc(N=N)c(NCC(F)F)c4)c(F)cn3n2)CC1. The minimum Gasteiger partial charge on any atom is -0.479 e. The third-order valence-electron chi connectivity index (χ3n) is 6.13. The molecular formula is C23H29F3N8O2. The molecule has 3 heterocycles. The number of alkyl halides is 2. The zero-order valence-electron chi connectivity index (χ0n) is 20.1. The highest BCUT2D eigenvalue weighted by molar-refractivity contribution is 5.88. The Bertz CT molecular complexity index is 1200. The predicted molar refractivity (Wildman–Crippen MR) is 129 cm³/mol. The van der Waals surface area contributed by atoms with E-state index >= 15 is 4.39 Å². The molecule has 1 saturated heterocycles. The molecule has 13 heteroatoms. The van der Waals surface area contributed by atoms with Crippen LogP contribution in [-0.2, 0) is 4.74 Å². The van der Waals surface area contributed by atoms with Crippen LogP contribution in [0.3, 0.4) is 0 Å². The van der Waals surface area contributed by atoms with Gasteiger partial charge in [-0.15, -0.1) is 5.10 Å². The minimum atomic E-state index is -2.60. The first-order chi connectivity index (χ1) is 17.4. The quantitative estimate of drug-likeness (QED) is 0.330. The number of methoxy groups -OCH3 is 2. The molecule has 1 aliphatic rings. The molecule has 2 aromatic heterocycles. The Kier molecular flexibility index (Phi) is 8.21. The Morgan fingerprint density at radius 3 is 2.69 bits per heavy atom. The van der Waals surface area contributed by atoms with Gasteiger partial charge in [-0.25, -0.2) is 23.2 Å². The maximum absolute atomic E-state index is 15.2. The lowest BCUT2D eigenvalue weighted by Crippen LogP contribution is -2.40. The molecule has 1 aromatic carbocycles. The molecular weight excluding hydrogens is 477 g/mol. The van der Waals surface area contributed by atoms with E-state index in [0.717, 1.165) is 32.5 Å². The second-order valence-corrected chi connectivity index (χ2v) is 8.46. The second-order valence-electron chi connectivity index (χ2n) is 8.46. The number of likely N-dealkylation sites (tertiary alicyclic amines) is 1. The predicted octanol–water partition coefficient (Wildman–Crippen LogP) is 4.41. The number of nitrogens with one attached hydrogen (secondary N) is 3. The third kappa shape index (κ3) is 5.68. The zero-order chi connectivity index (χ0) is 25.7. The number of nitrogens with zero attached hydrogens (tertiary/aromatic N) is 5. The molecule has 194 valence electrons. The second kappa shape index (κ2) is 11.5. The van der Waals surface area contributed by atoms with Crippen LogP contribution in [0.4, 0.5) is 30.5 Å². The monoisotopic (exact) mass is 506 g/mol. The van der Waals surface area contributed by atoms with Crippen LogP contribution in [0.1, 0.15) is 12.8 Å². The van der Waals surface area contributed by atoms with Crippen molar-refractivity contribution in [2.75, 3.05) is 57.6 Å². The number of aromatic nitrogens is 3. The van der Waals surface area contributed by atoms with Crippen molar-refractivity contribution in [3.05, 3.63) is 30.2 Å². The molecule has 1 fully saturated rings. The molecule has 0 saturated carbocycles. The highest BCUT2D eigenvalue weighted by Crippen LogP contribution is 2.38. The molecule has 10 nitrogen and oxygen atoms in total. The van der Waals surface area contributed by atoms with Gasteiger partial charge in [0.1, 0.15) is 11.2 Å². The summed E-state index contributed by atoms with van der Waals surface area (Å²) in [5, 5.41) is 13.7. The molecule has 0 amide bonds. The Morgan fingerprint density at radius 2 is 2.03 bits per heavy atom. The van der Waals surface area contributed by atoms with Crippen molar-refractivity contribution >= 4 is 22.8 Å². The zero-order valence-corrected chi connectivity index (χ0v) is 20.1. The lowest BCUT2D eigenvalue weighted by atomic mass is 10.0. The summed E-state index contributed by atoms with van der Waals surface area (Å²) >= 11 is 0. The van der Waals surface area contributed by atoms with Gasteiger partial charge in [0.25, 0.3) is 6.43 Å². The summed E-state index contributed by atoms with van der Waals surface area (Å²) in [5.41, 5.74) is 8.47. The number of piperidine rings is 1. The van der Waals surface area contributed by atoms with Gasteiger partial charge in [-0.3, -0.25) is 0 Å². The Morgan fingerprint density at radius 1 is 1.25 bits per heavy atom. The number of anilines is 2. The van der Waals surface area contributed by atoms with Gasteiger partial charge >= 0.3 is 0 Å². The van der Waals surface area contributed by atoms with Gasteiger partial charge < -0.3 is 25.0 Å². The maximum atomic E-state index is 15.2. The molecule has 0 radical (unpaired) electrons. The van der Waals surface area contributed by atoms with E-state index in [4.69, 9.17) is 15.0 Å². The minimum absolute atomic E-state index is 0.154. The highest BCUT2D eigenvalue weighted by Gasteiger charge is 2.23. The highest BCUT2D eigenvalue weighted by atomic mass is 19.3. The fraction of sp³-hybridized carbons (Fsp3) is 0.478. The van der Waals surface area contributed by atoms with Crippen LogP contribution in [0, 0.1) is 11.3 Å². The molecule has 0 aliphatic carbocycles. The Balaban J connectivity index is 1.61. The molecule has 0 atom stereocenters. The average molecular weight is 507 g/mol. The fourth-order valence-electron chi connectivity index (χ4n) is 4.32. The molecule has 0 spiro atoms. The number of ether oxygens (including phenoxy) is 2. The average Bonchev–Trinajstić information content (AvgIpc) is 3.21. The van der Waals surface area contributed by atoms with E-state index in [-0.39, 0.29) is 28.9 Å². The van der Waals surface area contributed by atoms with Gasteiger partial charge in [-0.1, -0.05) is 6.07 Å². The Labute approximate surface area is 206 Å². The number of halogens is 3. The summed E-state index contributed by atoms with van der Waals surface area (Å²) in [7, 11) is 3.13. The molecule has 3 aromatic rings. The first kappa shape index (κ1) is 25.6. The molecule has 36 heavy (non-hydrogen) atoms. The standard InChI is InChI=1S/C23H29F3N8O2/c1-35-10-9-33-7-5-15(6-8-33)29-23-30-22(36-2)21-20(16(24)13-34(21)32-23)14-3-4-17(31-27)18(11-14)28-12-19(25)26/h3-4,11,13,15,19,27-28H,5-10,12H2,1-2H3,(H,29,32). The number of fused-ring (bicyclic) bond motifs is 1. The summed E-state index contributed by atoms with van der Waals surface area (Å²) < 4.78 is 52.6. The van der Waals surface area contributed by atoms with Gasteiger partial charge in [0.15, 0.2) is 5.82 Å². The van der Waals surface area contributed by atoms with Gasteiger partial charge in [0.2, 0.25) is 11.8 Å². The third-order valence-corrected chi connectivity index (χ3v) is 6.13. The van der Waals surface area contributed by atoms with Crippen molar-refractivity contribution in [3.63, 3.8) is 0 Å². The van der Waals surface area contributed by atoms with E-state index in [1.54, 1.807) is 13.2 Å². The Hall–Kier alpha value is -3.45. The van der Waals surface area contributed by atoms with Crippen LogP contribution < -0.4 is 15.4 Å². The van der Waals surface area contributed by atoms with Gasteiger partial charge in [0.05, 0.1) is 37.7 Å².